The third kappa shape index (κ3) is 2.48. The lowest BCUT2D eigenvalue weighted by Crippen LogP contribution is -2.02. The molecule has 0 saturated carbocycles. The van der Waals surface area contributed by atoms with Crippen LogP contribution in [-0.2, 0) is 11.2 Å². The number of aryl methyl sites for hydroxylation is 1. The van der Waals surface area contributed by atoms with E-state index in [-0.39, 0.29) is 12.0 Å². The Labute approximate surface area is 125 Å². The molecule has 5 heteroatoms. The first-order valence-corrected chi connectivity index (χ1v) is 6.83. The van der Waals surface area contributed by atoms with Gasteiger partial charge in [-0.25, -0.2) is 9.78 Å². The van der Waals surface area contributed by atoms with Gasteiger partial charge >= 0.3 is 11.9 Å². The van der Waals surface area contributed by atoms with Crippen LogP contribution in [0.15, 0.2) is 42.5 Å². The predicted octanol–water partition coefficient (Wildman–Crippen LogP) is 3.10. The van der Waals surface area contributed by atoms with E-state index in [2.05, 4.69) is 4.98 Å². The molecule has 1 aromatic heterocycles. The maximum atomic E-state index is 11.7. The second kappa shape index (κ2) is 5.44. The zero-order chi connectivity index (χ0) is 15.7. The number of aromatic nitrogens is 1. The summed E-state index contributed by atoms with van der Waals surface area (Å²) in [6.45, 7) is 0. The topological polar surface area (TPSA) is 87.5 Å². The van der Waals surface area contributed by atoms with E-state index in [1.165, 1.54) is 0 Å². The quantitative estimate of drug-likeness (QED) is 0.722. The van der Waals surface area contributed by atoms with Crippen LogP contribution in [0.1, 0.15) is 22.3 Å². The average molecular weight is 295 g/mol. The summed E-state index contributed by atoms with van der Waals surface area (Å²) >= 11 is 0. The number of para-hydroxylation sites is 1. The van der Waals surface area contributed by atoms with Gasteiger partial charge in [-0.05, 0) is 30.2 Å². The number of rotatable bonds is 4. The van der Waals surface area contributed by atoms with Gasteiger partial charge in [-0.3, -0.25) is 4.79 Å². The molecule has 2 N–H and O–H groups in total. The lowest BCUT2D eigenvalue weighted by Gasteiger charge is -2.09. The molecule has 0 unspecified atom stereocenters. The molecule has 3 rings (SSSR count). The van der Waals surface area contributed by atoms with E-state index >= 15 is 0 Å². The molecule has 5 nitrogen and oxygen atoms in total. The molecule has 2 aromatic carbocycles. The van der Waals surface area contributed by atoms with Crippen LogP contribution in [0.4, 0.5) is 0 Å². The molecule has 0 atom stereocenters. The molecule has 1 heterocycles. The smallest absolute Gasteiger partial charge is 0.337 e. The zero-order valence-corrected chi connectivity index (χ0v) is 11.6. The highest BCUT2D eigenvalue weighted by Crippen LogP contribution is 2.27. The van der Waals surface area contributed by atoms with E-state index < -0.39 is 11.9 Å². The van der Waals surface area contributed by atoms with Crippen LogP contribution in [0.2, 0.25) is 0 Å². The Morgan fingerprint density at radius 3 is 2.41 bits per heavy atom. The highest BCUT2D eigenvalue weighted by atomic mass is 16.4. The number of fused-ring (bicyclic) bond motifs is 2. The van der Waals surface area contributed by atoms with Crippen molar-refractivity contribution in [3.63, 3.8) is 0 Å². The van der Waals surface area contributed by atoms with Crippen molar-refractivity contribution in [2.75, 3.05) is 0 Å². The summed E-state index contributed by atoms with van der Waals surface area (Å²) in [5.41, 5.74) is 2.22. The molecule has 3 aromatic rings. The van der Waals surface area contributed by atoms with Crippen molar-refractivity contribution in [2.45, 2.75) is 12.8 Å². The maximum Gasteiger partial charge on any atom is 0.337 e. The molecule has 0 aliphatic carbocycles. The fourth-order valence-corrected chi connectivity index (χ4v) is 2.58. The summed E-state index contributed by atoms with van der Waals surface area (Å²) < 4.78 is 0. The number of aromatic carboxylic acids is 1. The summed E-state index contributed by atoms with van der Waals surface area (Å²) in [5.74, 6) is -1.89. The third-order valence-electron chi connectivity index (χ3n) is 3.59. The Morgan fingerprint density at radius 1 is 0.955 bits per heavy atom. The minimum absolute atomic E-state index is 0.00885. The summed E-state index contributed by atoms with van der Waals surface area (Å²) in [7, 11) is 0. The molecule has 0 amide bonds. The van der Waals surface area contributed by atoms with Gasteiger partial charge in [-0.15, -0.1) is 0 Å². The predicted molar refractivity (Wildman–Crippen MR) is 82.2 cm³/mol. The van der Waals surface area contributed by atoms with Crippen LogP contribution in [0.3, 0.4) is 0 Å². The highest BCUT2D eigenvalue weighted by Gasteiger charge is 2.15. The van der Waals surface area contributed by atoms with Crippen LogP contribution < -0.4 is 0 Å². The van der Waals surface area contributed by atoms with Crippen molar-refractivity contribution < 1.29 is 19.8 Å². The Balaban J connectivity index is 2.25. The number of nitrogens with zero attached hydrogens (tertiary/aromatic N) is 1. The molecular formula is C17H13NO4. The molecule has 0 fully saturated rings. The van der Waals surface area contributed by atoms with E-state index in [4.69, 9.17) is 5.11 Å². The maximum absolute atomic E-state index is 11.7. The van der Waals surface area contributed by atoms with Crippen molar-refractivity contribution in [2.24, 2.45) is 0 Å². The van der Waals surface area contributed by atoms with Crippen molar-refractivity contribution in [3.05, 3.63) is 53.6 Å². The SMILES string of the molecule is O=C(O)CCc1ccc2nc3ccccc3c(C(=O)O)c2c1. The average Bonchev–Trinajstić information content (AvgIpc) is 2.50. The van der Waals surface area contributed by atoms with Gasteiger partial charge in [0.25, 0.3) is 0 Å². The monoisotopic (exact) mass is 295 g/mol. The Hall–Kier alpha value is -2.95. The molecular weight excluding hydrogens is 282 g/mol. The van der Waals surface area contributed by atoms with Gasteiger partial charge in [0.15, 0.2) is 0 Å². The number of hydrogen-bond acceptors (Lipinski definition) is 3. The van der Waals surface area contributed by atoms with Crippen molar-refractivity contribution in [3.8, 4) is 0 Å². The van der Waals surface area contributed by atoms with Crippen LogP contribution in [0, 0.1) is 0 Å². The molecule has 110 valence electrons. The number of carboxylic acids is 2. The first-order chi connectivity index (χ1) is 10.6. The van der Waals surface area contributed by atoms with Gasteiger partial charge in [-0.1, -0.05) is 24.3 Å². The van der Waals surface area contributed by atoms with Crippen LogP contribution >= 0.6 is 0 Å². The molecule has 0 saturated heterocycles. The lowest BCUT2D eigenvalue weighted by atomic mass is 9.99. The first kappa shape index (κ1) is 14.0. The van der Waals surface area contributed by atoms with E-state index in [9.17, 15) is 14.7 Å². The van der Waals surface area contributed by atoms with Gasteiger partial charge in [0.05, 0.1) is 16.6 Å². The second-order valence-corrected chi connectivity index (χ2v) is 5.05. The molecule has 0 radical (unpaired) electrons. The van der Waals surface area contributed by atoms with Crippen LogP contribution in [0.5, 0.6) is 0 Å². The third-order valence-corrected chi connectivity index (χ3v) is 3.59. The van der Waals surface area contributed by atoms with Crippen LogP contribution in [-0.4, -0.2) is 27.1 Å². The highest BCUT2D eigenvalue weighted by molar-refractivity contribution is 6.13. The molecule has 0 aliphatic rings. The summed E-state index contributed by atoms with van der Waals surface area (Å²) in [6, 6.07) is 12.4. The number of carboxylic acid groups (broad SMARTS) is 2. The van der Waals surface area contributed by atoms with Gasteiger partial charge in [-0.2, -0.15) is 0 Å². The van der Waals surface area contributed by atoms with Crippen molar-refractivity contribution in [1.82, 2.24) is 4.98 Å². The fourth-order valence-electron chi connectivity index (χ4n) is 2.58. The van der Waals surface area contributed by atoms with Gasteiger partial charge in [0.2, 0.25) is 0 Å². The van der Waals surface area contributed by atoms with E-state index in [1.54, 1.807) is 36.4 Å². The Bertz CT molecular complexity index is 902. The normalized spacial score (nSPS) is 10.9. The number of hydrogen-bond donors (Lipinski definition) is 2. The molecule has 22 heavy (non-hydrogen) atoms. The van der Waals surface area contributed by atoms with Gasteiger partial charge in [0.1, 0.15) is 0 Å². The fraction of sp³-hybridized carbons (Fsp3) is 0.118. The van der Waals surface area contributed by atoms with E-state index in [1.807, 2.05) is 6.07 Å². The van der Waals surface area contributed by atoms with Crippen molar-refractivity contribution >= 4 is 33.7 Å². The minimum atomic E-state index is -1.01. The van der Waals surface area contributed by atoms with E-state index in [0.717, 1.165) is 5.56 Å². The Kier molecular flexibility index (Phi) is 3.47. The number of pyridine rings is 1. The largest absolute Gasteiger partial charge is 0.481 e. The summed E-state index contributed by atoms with van der Waals surface area (Å²) in [6.07, 6.45) is 0.367. The number of aliphatic carboxylic acids is 1. The number of benzene rings is 2. The zero-order valence-electron chi connectivity index (χ0n) is 11.6. The second-order valence-electron chi connectivity index (χ2n) is 5.05. The lowest BCUT2D eigenvalue weighted by molar-refractivity contribution is -0.136. The molecule has 0 aliphatic heterocycles. The molecule has 0 spiro atoms. The van der Waals surface area contributed by atoms with E-state index in [0.29, 0.717) is 28.2 Å². The Morgan fingerprint density at radius 2 is 1.68 bits per heavy atom. The summed E-state index contributed by atoms with van der Waals surface area (Å²) in [5, 5.41) is 19.5. The van der Waals surface area contributed by atoms with Gasteiger partial charge < -0.3 is 10.2 Å². The first-order valence-electron chi connectivity index (χ1n) is 6.83. The molecule has 0 bridgehead atoms. The van der Waals surface area contributed by atoms with Gasteiger partial charge in [0, 0.05) is 17.2 Å². The minimum Gasteiger partial charge on any atom is -0.481 e. The van der Waals surface area contributed by atoms with Crippen LogP contribution in [0.25, 0.3) is 21.8 Å². The summed E-state index contributed by atoms with van der Waals surface area (Å²) in [4.78, 5) is 26.8. The number of carbonyl (C=O) groups is 2. The standard InChI is InChI=1S/C17H13NO4/c19-15(20)8-6-10-5-7-14-12(9-10)16(17(21)22)11-3-1-2-4-13(11)18-14/h1-5,7,9H,6,8H2,(H,19,20)(H,21,22). The van der Waals surface area contributed by atoms with Crippen molar-refractivity contribution in [1.29, 1.82) is 0 Å².